The van der Waals surface area contributed by atoms with Crippen molar-refractivity contribution in [3.05, 3.63) is 29.8 Å². The molecule has 0 aromatic heterocycles. The Morgan fingerprint density at radius 1 is 1.07 bits per heavy atom. The van der Waals surface area contributed by atoms with Crippen molar-refractivity contribution in [2.45, 2.75) is 12.8 Å². The number of fused-ring (bicyclic) bond motifs is 1. The van der Waals surface area contributed by atoms with Gasteiger partial charge in [0.2, 0.25) is 0 Å². The lowest BCUT2D eigenvalue weighted by molar-refractivity contribution is 0.288. The molecule has 1 aromatic rings. The molecule has 3 heteroatoms. The van der Waals surface area contributed by atoms with Gasteiger partial charge in [-0.3, -0.25) is 0 Å². The lowest BCUT2D eigenvalue weighted by atomic mass is 10.1. The van der Waals surface area contributed by atoms with E-state index in [-0.39, 0.29) is 0 Å². The molecule has 0 spiro atoms. The second kappa shape index (κ2) is 5.73. The van der Waals surface area contributed by atoms with Gasteiger partial charge in [-0.05, 0) is 24.5 Å². The molecule has 2 aliphatic heterocycles. The number of hydrogen-bond donors (Lipinski definition) is 2. The fourth-order valence-corrected chi connectivity index (χ4v) is 1.74. The molecular formula is C12H18N2O. The van der Waals surface area contributed by atoms with Crippen LogP contribution in [0.2, 0.25) is 0 Å². The van der Waals surface area contributed by atoms with Crippen molar-refractivity contribution in [3.63, 3.8) is 0 Å². The Morgan fingerprint density at radius 2 is 1.87 bits per heavy atom. The van der Waals surface area contributed by atoms with Crippen LogP contribution in [-0.4, -0.2) is 26.4 Å². The molecule has 2 aliphatic rings. The first-order chi connectivity index (χ1) is 7.47. The van der Waals surface area contributed by atoms with Crippen molar-refractivity contribution >= 4 is 0 Å². The quantitative estimate of drug-likeness (QED) is 0.668. The van der Waals surface area contributed by atoms with Crippen molar-refractivity contribution in [1.29, 1.82) is 0 Å². The zero-order valence-electron chi connectivity index (χ0n) is 8.96. The Balaban J connectivity index is 0.000000144. The summed E-state index contributed by atoms with van der Waals surface area (Å²) in [7, 11) is 0. The monoisotopic (exact) mass is 206 g/mol. The van der Waals surface area contributed by atoms with Gasteiger partial charge in [-0.2, -0.15) is 0 Å². The molecule has 82 valence electrons. The van der Waals surface area contributed by atoms with E-state index < -0.39 is 0 Å². The molecule has 0 saturated carbocycles. The zero-order valence-corrected chi connectivity index (χ0v) is 8.96. The van der Waals surface area contributed by atoms with Gasteiger partial charge >= 0.3 is 0 Å². The summed E-state index contributed by atoms with van der Waals surface area (Å²) in [6, 6.07) is 8.25. The molecule has 0 unspecified atom stereocenters. The minimum absolute atomic E-state index is 0.886. The van der Waals surface area contributed by atoms with E-state index in [4.69, 9.17) is 4.74 Å². The highest BCUT2D eigenvalue weighted by atomic mass is 16.5. The summed E-state index contributed by atoms with van der Waals surface area (Å²) in [5.74, 6) is 1.08. The summed E-state index contributed by atoms with van der Waals surface area (Å²) < 4.78 is 5.42. The average molecular weight is 206 g/mol. The van der Waals surface area contributed by atoms with Crippen LogP contribution < -0.4 is 15.4 Å². The Hall–Kier alpha value is -1.06. The van der Waals surface area contributed by atoms with Crippen molar-refractivity contribution in [2.24, 2.45) is 0 Å². The first-order valence-electron chi connectivity index (χ1n) is 5.59. The van der Waals surface area contributed by atoms with Crippen LogP contribution >= 0.6 is 0 Å². The second-order valence-electron chi connectivity index (χ2n) is 3.74. The second-order valence-corrected chi connectivity index (χ2v) is 3.74. The number of hydrogen-bond acceptors (Lipinski definition) is 3. The van der Waals surface area contributed by atoms with Crippen LogP contribution in [0.1, 0.15) is 12.0 Å². The van der Waals surface area contributed by atoms with Gasteiger partial charge in [-0.25, -0.2) is 0 Å². The molecule has 0 amide bonds. The van der Waals surface area contributed by atoms with Crippen molar-refractivity contribution in [3.8, 4) is 5.75 Å². The fourth-order valence-electron chi connectivity index (χ4n) is 1.74. The maximum Gasteiger partial charge on any atom is 0.122 e. The number of benzene rings is 1. The molecule has 3 nitrogen and oxygen atoms in total. The summed E-state index contributed by atoms with van der Waals surface area (Å²) in [5, 5.41) is 6.22. The Labute approximate surface area is 90.8 Å². The summed E-state index contributed by atoms with van der Waals surface area (Å²) >= 11 is 0. The minimum Gasteiger partial charge on any atom is -0.493 e. The van der Waals surface area contributed by atoms with Crippen LogP contribution in [0.4, 0.5) is 0 Å². The highest BCUT2D eigenvalue weighted by Gasteiger charge is 2.06. The molecule has 1 fully saturated rings. The van der Waals surface area contributed by atoms with Gasteiger partial charge in [0.05, 0.1) is 6.61 Å². The summed E-state index contributed by atoms with van der Waals surface area (Å²) in [6.45, 7) is 4.16. The van der Waals surface area contributed by atoms with Crippen molar-refractivity contribution in [2.75, 3.05) is 26.4 Å². The molecule has 1 saturated heterocycles. The molecule has 1 aromatic carbocycles. The summed E-state index contributed by atoms with van der Waals surface area (Å²) in [4.78, 5) is 0. The van der Waals surface area contributed by atoms with Crippen LogP contribution in [-0.2, 0) is 6.42 Å². The van der Waals surface area contributed by atoms with E-state index in [1.807, 2.05) is 12.1 Å². The summed E-state index contributed by atoms with van der Waals surface area (Å²) in [6.07, 6.45) is 2.34. The molecule has 0 atom stereocenters. The standard InChI is InChI=1S/C9H10O.C3H8N2/c1-2-6-9-8(4-1)5-3-7-10-9;1-2-5-3-4-1/h1-2,4,6H,3,5,7H2;4-5H,1-3H2. The number of ether oxygens (including phenoxy) is 1. The molecule has 0 radical (unpaired) electrons. The maximum absolute atomic E-state index is 5.42. The number of nitrogens with one attached hydrogen (secondary N) is 2. The van der Waals surface area contributed by atoms with E-state index in [9.17, 15) is 0 Å². The molecule has 2 heterocycles. The van der Waals surface area contributed by atoms with Crippen LogP contribution in [0, 0.1) is 0 Å². The van der Waals surface area contributed by atoms with Gasteiger partial charge in [0.25, 0.3) is 0 Å². The number of aryl methyl sites for hydroxylation is 1. The molecule has 2 N–H and O–H groups in total. The van der Waals surface area contributed by atoms with Gasteiger partial charge in [0.1, 0.15) is 5.75 Å². The third-order valence-corrected chi connectivity index (χ3v) is 2.55. The lowest BCUT2D eigenvalue weighted by Crippen LogP contribution is -2.11. The highest BCUT2D eigenvalue weighted by molar-refractivity contribution is 5.34. The highest BCUT2D eigenvalue weighted by Crippen LogP contribution is 2.22. The van der Waals surface area contributed by atoms with Gasteiger partial charge in [-0.1, -0.05) is 18.2 Å². The van der Waals surface area contributed by atoms with E-state index in [0.717, 1.165) is 38.5 Å². The lowest BCUT2D eigenvalue weighted by Gasteiger charge is -2.15. The van der Waals surface area contributed by atoms with E-state index in [2.05, 4.69) is 22.8 Å². The van der Waals surface area contributed by atoms with E-state index >= 15 is 0 Å². The number of para-hydroxylation sites is 1. The Morgan fingerprint density at radius 3 is 2.53 bits per heavy atom. The van der Waals surface area contributed by atoms with Crippen LogP contribution in [0.25, 0.3) is 0 Å². The average Bonchev–Trinajstić information content (AvgIpc) is 2.88. The molecule has 0 bridgehead atoms. The first kappa shape index (κ1) is 10.5. The van der Waals surface area contributed by atoms with Crippen LogP contribution in [0.3, 0.4) is 0 Å². The molecule has 3 rings (SSSR count). The van der Waals surface area contributed by atoms with Crippen LogP contribution in [0.5, 0.6) is 5.75 Å². The van der Waals surface area contributed by atoms with Gasteiger partial charge < -0.3 is 15.4 Å². The van der Waals surface area contributed by atoms with Crippen molar-refractivity contribution in [1.82, 2.24) is 10.6 Å². The van der Waals surface area contributed by atoms with E-state index in [0.29, 0.717) is 0 Å². The van der Waals surface area contributed by atoms with Gasteiger partial charge in [0.15, 0.2) is 0 Å². The largest absolute Gasteiger partial charge is 0.493 e. The maximum atomic E-state index is 5.42. The third kappa shape index (κ3) is 3.22. The smallest absolute Gasteiger partial charge is 0.122 e. The zero-order chi connectivity index (χ0) is 10.3. The molecular weight excluding hydrogens is 188 g/mol. The van der Waals surface area contributed by atoms with E-state index in [1.54, 1.807) is 0 Å². The topological polar surface area (TPSA) is 33.3 Å². The fraction of sp³-hybridized carbons (Fsp3) is 0.500. The summed E-state index contributed by atoms with van der Waals surface area (Å²) in [5.41, 5.74) is 1.36. The molecule has 0 aliphatic carbocycles. The molecule has 15 heavy (non-hydrogen) atoms. The Bertz CT molecular complexity index is 265. The van der Waals surface area contributed by atoms with Crippen molar-refractivity contribution < 1.29 is 4.74 Å². The normalized spacial score (nSPS) is 18.4. The number of rotatable bonds is 0. The third-order valence-electron chi connectivity index (χ3n) is 2.55. The van der Waals surface area contributed by atoms with Crippen LogP contribution in [0.15, 0.2) is 24.3 Å². The first-order valence-corrected chi connectivity index (χ1v) is 5.59. The van der Waals surface area contributed by atoms with E-state index in [1.165, 1.54) is 12.0 Å². The Kier molecular flexibility index (Phi) is 4.00. The SMILES string of the molecule is C1CNCN1.c1ccc2c(c1)CCCO2. The predicted octanol–water partition coefficient (Wildman–Crippen LogP) is 1.15. The van der Waals surface area contributed by atoms with Gasteiger partial charge in [-0.15, -0.1) is 0 Å². The predicted molar refractivity (Wildman–Crippen MR) is 61.1 cm³/mol. The van der Waals surface area contributed by atoms with Gasteiger partial charge in [0, 0.05) is 19.8 Å². The minimum atomic E-state index is 0.886.